The molecule has 1 aromatic carbocycles. The first-order valence-electron chi connectivity index (χ1n) is 9.10. The third-order valence-corrected chi connectivity index (χ3v) is 6.07. The lowest BCUT2D eigenvalue weighted by atomic mass is 9.97. The van der Waals surface area contributed by atoms with Crippen molar-refractivity contribution in [1.82, 2.24) is 4.90 Å². The van der Waals surface area contributed by atoms with E-state index in [4.69, 9.17) is 0 Å². The zero-order chi connectivity index (χ0) is 16.8. The van der Waals surface area contributed by atoms with Crippen LogP contribution in [0.15, 0.2) is 24.3 Å². The summed E-state index contributed by atoms with van der Waals surface area (Å²) in [6.07, 6.45) is 4.31. The van der Waals surface area contributed by atoms with Crippen molar-refractivity contribution >= 4 is 17.7 Å². The molecule has 1 fully saturated rings. The first-order chi connectivity index (χ1) is 11.1. The molecule has 2 rings (SSSR count). The van der Waals surface area contributed by atoms with E-state index in [1.54, 1.807) is 0 Å². The molecule has 0 N–H and O–H groups in total. The Morgan fingerprint density at radius 3 is 2.52 bits per heavy atom. The Morgan fingerprint density at radius 2 is 1.96 bits per heavy atom. The Kier molecular flexibility index (Phi) is 7.01. The van der Waals surface area contributed by atoms with E-state index in [-0.39, 0.29) is 11.3 Å². The van der Waals surface area contributed by atoms with Gasteiger partial charge in [0.15, 0.2) is 0 Å². The number of nitrogens with zero attached hydrogens (tertiary/aromatic N) is 1. The van der Waals surface area contributed by atoms with E-state index in [0.29, 0.717) is 11.8 Å². The Labute approximate surface area is 146 Å². The van der Waals surface area contributed by atoms with Crippen molar-refractivity contribution in [3.05, 3.63) is 35.4 Å². The highest BCUT2D eigenvalue weighted by Gasteiger charge is 2.33. The molecule has 3 heteroatoms. The van der Waals surface area contributed by atoms with Gasteiger partial charge in [0.2, 0.25) is 5.91 Å². The van der Waals surface area contributed by atoms with Gasteiger partial charge in [0.1, 0.15) is 5.37 Å². The monoisotopic (exact) mass is 333 g/mol. The number of benzene rings is 1. The molecular weight excluding hydrogens is 302 g/mol. The molecule has 0 aliphatic carbocycles. The van der Waals surface area contributed by atoms with E-state index in [1.807, 2.05) is 11.8 Å². The summed E-state index contributed by atoms with van der Waals surface area (Å²) in [6, 6.07) is 8.86. The molecule has 2 atom stereocenters. The number of amides is 1. The third-order valence-electron chi connectivity index (χ3n) is 4.81. The summed E-state index contributed by atoms with van der Waals surface area (Å²) in [6.45, 7) is 9.67. The number of hydrogen-bond acceptors (Lipinski definition) is 2. The topological polar surface area (TPSA) is 20.3 Å². The standard InChI is InChI=1S/C20H31NOS/c1-5-7-8-16(6-2)19(22)21-13-14-23-20(21)18-11-9-17(10-12-18)15(3)4/h9-12,15-16,20H,5-8,13-14H2,1-4H3/t16-,20+/m0/s1. The fourth-order valence-corrected chi connectivity index (χ4v) is 4.47. The summed E-state index contributed by atoms with van der Waals surface area (Å²) >= 11 is 1.90. The van der Waals surface area contributed by atoms with Gasteiger partial charge >= 0.3 is 0 Å². The van der Waals surface area contributed by atoms with Crippen molar-refractivity contribution in [1.29, 1.82) is 0 Å². The van der Waals surface area contributed by atoms with Crippen molar-refractivity contribution < 1.29 is 4.79 Å². The highest BCUT2D eigenvalue weighted by atomic mass is 32.2. The van der Waals surface area contributed by atoms with E-state index < -0.39 is 0 Å². The molecule has 0 aromatic heterocycles. The van der Waals surface area contributed by atoms with Crippen molar-refractivity contribution in [3.63, 3.8) is 0 Å². The predicted molar refractivity (Wildman–Crippen MR) is 101 cm³/mol. The number of carbonyl (C=O) groups is 1. The quantitative estimate of drug-likeness (QED) is 0.647. The van der Waals surface area contributed by atoms with Crippen LogP contribution in [-0.4, -0.2) is 23.1 Å². The van der Waals surface area contributed by atoms with E-state index in [0.717, 1.165) is 31.6 Å². The summed E-state index contributed by atoms with van der Waals surface area (Å²) in [5.41, 5.74) is 2.64. The molecule has 1 aliphatic heterocycles. The molecule has 1 amide bonds. The molecule has 128 valence electrons. The van der Waals surface area contributed by atoms with Crippen LogP contribution in [0.25, 0.3) is 0 Å². The first-order valence-corrected chi connectivity index (χ1v) is 10.1. The SMILES string of the molecule is CCCC[C@H](CC)C(=O)N1CCS[C@@H]1c1ccc(C(C)C)cc1. The van der Waals surface area contributed by atoms with E-state index >= 15 is 0 Å². The molecule has 1 saturated heterocycles. The van der Waals surface area contributed by atoms with Crippen LogP contribution in [0.1, 0.15) is 75.8 Å². The lowest BCUT2D eigenvalue weighted by Gasteiger charge is -2.28. The minimum atomic E-state index is 0.200. The Bertz CT molecular complexity index is 497. The molecule has 0 saturated carbocycles. The normalized spacial score (nSPS) is 19.3. The lowest BCUT2D eigenvalue weighted by Crippen LogP contribution is -2.35. The fourth-order valence-electron chi connectivity index (χ4n) is 3.20. The highest BCUT2D eigenvalue weighted by Crippen LogP contribution is 2.39. The van der Waals surface area contributed by atoms with Crippen LogP contribution in [0.5, 0.6) is 0 Å². The first kappa shape index (κ1) is 18.4. The zero-order valence-electron chi connectivity index (χ0n) is 15.0. The maximum absolute atomic E-state index is 13.0. The molecule has 1 heterocycles. The summed E-state index contributed by atoms with van der Waals surface area (Å²) < 4.78 is 0. The molecule has 1 aromatic rings. The van der Waals surface area contributed by atoms with Crippen LogP contribution in [0, 0.1) is 5.92 Å². The van der Waals surface area contributed by atoms with E-state index in [1.165, 1.54) is 17.5 Å². The van der Waals surface area contributed by atoms with Crippen LogP contribution in [0.3, 0.4) is 0 Å². The molecule has 0 unspecified atom stereocenters. The minimum Gasteiger partial charge on any atom is -0.325 e. The number of thioether (sulfide) groups is 1. The maximum atomic E-state index is 13.0. The average molecular weight is 334 g/mol. The second kappa shape index (κ2) is 8.77. The third kappa shape index (κ3) is 4.53. The smallest absolute Gasteiger partial charge is 0.226 e. The summed E-state index contributed by atoms with van der Waals surface area (Å²) in [4.78, 5) is 15.1. The Morgan fingerprint density at radius 1 is 1.26 bits per heavy atom. The fraction of sp³-hybridized carbons (Fsp3) is 0.650. The summed E-state index contributed by atoms with van der Waals surface area (Å²) in [7, 11) is 0. The van der Waals surface area contributed by atoms with Crippen molar-refractivity contribution in [2.45, 2.75) is 64.7 Å². The van der Waals surface area contributed by atoms with Gasteiger partial charge in [-0.05, 0) is 29.9 Å². The van der Waals surface area contributed by atoms with Crippen molar-refractivity contribution in [3.8, 4) is 0 Å². The van der Waals surface area contributed by atoms with Gasteiger partial charge in [-0.15, -0.1) is 11.8 Å². The summed E-state index contributed by atoms with van der Waals surface area (Å²) in [5, 5.41) is 0.208. The second-order valence-corrected chi connectivity index (χ2v) is 8.01. The van der Waals surface area contributed by atoms with Crippen LogP contribution in [0.2, 0.25) is 0 Å². The number of hydrogen-bond donors (Lipinski definition) is 0. The van der Waals surface area contributed by atoms with E-state index in [9.17, 15) is 4.79 Å². The maximum Gasteiger partial charge on any atom is 0.226 e. The molecule has 2 nitrogen and oxygen atoms in total. The molecular formula is C20H31NOS. The molecule has 0 spiro atoms. The number of rotatable bonds is 7. The second-order valence-electron chi connectivity index (χ2n) is 6.82. The molecule has 1 aliphatic rings. The van der Waals surface area contributed by atoms with Gasteiger partial charge < -0.3 is 4.90 Å². The van der Waals surface area contributed by atoms with Gasteiger partial charge in [-0.25, -0.2) is 0 Å². The molecule has 23 heavy (non-hydrogen) atoms. The Balaban J connectivity index is 2.11. The van der Waals surface area contributed by atoms with Gasteiger partial charge in [0, 0.05) is 18.2 Å². The van der Waals surface area contributed by atoms with Gasteiger partial charge in [0.25, 0.3) is 0 Å². The van der Waals surface area contributed by atoms with Gasteiger partial charge in [-0.1, -0.05) is 64.8 Å². The number of carbonyl (C=O) groups excluding carboxylic acids is 1. The predicted octanol–water partition coefficient (Wildman–Crippen LogP) is 5.60. The van der Waals surface area contributed by atoms with Gasteiger partial charge in [0.05, 0.1) is 0 Å². The average Bonchev–Trinajstić information content (AvgIpc) is 3.05. The zero-order valence-corrected chi connectivity index (χ0v) is 15.9. The van der Waals surface area contributed by atoms with Crippen molar-refractivity contribution in [2.75, 3.05) is 12.3 Å². The van der Waals surface area contributed by atoms with Crippen molar-refractivity contribution in [2.24, 2.45) is 5.92 Å². The number of unbranched alkanes of at least 4 members (excludes halogenated alkanes) is 1. The van der Waals surface area contributed by atoms with Gasteiger partial charge in [-0.3, -0.25) is 4.79 Å². The molecule has 0 bridgehead atoms. The van der Waals surface area contributed by atoms with Crippen LogP contribution in [0.4, 0.5) is 0 Å². The van der Waals surface area contributed by atoms with Crippen LogP contribution >= 0.6 is 11.8 Å². The highest BCUT2D eigenvalue weighted by molar-refractivity contribution is 7.99. The van der Waals surface area contributed by atoms with Crippen LogP contribution in [-0.2, 0) is 4.79 Å². The summed E-state index contributed by atoms with van der Waals surface area (Å²) in [5.74, 6) is 2.17. The van der Waals surface area contributed by atoms with Gasteiger partial charge in [-0.2, -0.15) is 0 Å². The largest absolute Gasteiger partial charge is 0.325 e. The lowest BCUT2D eigenvalue weighted by molar-refractivity contribution is -0.136. The Hall–Kier alpha value is -0.960. The van der Waals surface area contributed by atoms with E-state index in [2.05, 4.69) is 56.9 Å². The van der Waals surface area contributed by atoms with Crippen LogP contribution < -0.4 is 0 Å². The molecule has 0 radical (unpaired) electrons. The minimum absolute atomic E-state index is 0.200.